The minimum atomic E-state index is -0.109. The van der Waals surface area contributed by atoms with Crippen molar-refractivity contribution in [3.63, 3.8) is 0 Å². The van der Waals surface area contributed by atoms with E-state index in [1.54, 1.807) is 18.1 Å². The van der Waals surface area contributed by atoms with Crippen molar-refractivity contribution in [3.8, 4) is 0 Å². The van der Waals surface area contributed by atoms with Gasteiger partial charge in [-0.15, -0.1) is 0 Å². The van der Waals surface area contributed by atoms with E-state index < -0.39 is 0 Å². The van der Waals surface area contributed by atoms with Crippen LogP contribution in [0.2, 0.25) is 0 Å². The summed E-state index contributed by atoms with van der Waals surface area (Å²) in [6.45, 7) is 0. The van der Waals surface area contributed by atoms with Crippen LogP contribution in [0.4, 0.5) is 5.69 Å². The number of aromatic nitrogens is 1. The highest BCUT2D eigenvalue weighted by Gasteiger charge is 2.14. The molecule has 0 atom stereocenters. The van der Waals surface area contributed by atoms with E-state index in [4.69, 9.17) is 0 Å². The van der Waals surface area contributed by atoms with Crippen molar-refractivity contribution in [2.75, 3.05) is 11.9 Å². The summed E-state index contributed by atoms with van der Waals surface area (Å²) in [6, 6.07) is 19.3. The standard InChI is InChI=1S/C17H14N2O/c1-19(15-9-3-2-4-10-15)17(20)16-11-13-7-5-6-8-14(13)12-18-16/h2-12H,1H3. The van der Waals surface area contributed by atoms with Crippen molar-refractivity contribution in [2.24, 2.45) is 0 Å². The Labute approximate surface area is 117 Å². The van der Waals surface area contributed by atoms with Crippen LogP contribution in [-0.2, 0) is 0 Å². The Morgan fingerprint density at radius 1 is 0.950 bits per heavy atom. The lowest BCUT2D eigenvalue weighted by molar-refractivity contribution is 0.0988. The minimum absolute atomic E-state index is 0.109. The predicted molar refractivity (Wildman–Crippen MR) is 80.9 cm³/mol. The van der Waals surface area contributed by atoms with E-state index in [0.717, 1.165) is 16.5 Å². The van der Waals surface area contributed by atoms with Crippen molar-refractivity contribution in [2.45, 2.75) is 0 Å². The molecule has 0 fully saturated rings. The second-order valence-electron chi connectivity index (χ2n) is 4.62. The van der Waals surface area contributed by atoms with Gasteiger partial charge in [-0.25, -0.2) is 0 Å². The van der Waals surface area contributed by atoms with E-state index in [-0.39, 0.29) is 5.91 Å². The van der Waals surface area contributed by atoms with E-state index in [1.165, 1.54) is 0 Å². The van der Waals surface area contributed by atoms with Gasteiger partial charge >= 0.3 is 0 Å². The van der Waals surface area contributed by atoms with Crippen molar-refractivity contribution < 1.29 is 4.79 Å². The molecule has 0 saturated heterocycles. The highest BCUT2D eigenvalue weighted by atomic mass is 16.2. The first-order chi connectivity index (χ1) is 9.75. The third kappa shape index (κ3) is 2.26. The number of para-hydroxylation sites is 1. The predicted octanol–water partition coefficient (Wildman–Crippen LogP) is 3.51. The zero-order valence-corrected chi connectivity index (χ0v) is 11.2. The lowest BCUT2D eigenvalue weighted by atomic mass is 10.1. The van der Waals surface area contributed by atoms with Crippen LogP contribution in [0.5, 0.6) is 0 Å². The Hall–Kier alpha value is -2.68. The highest BCUT2D eigenvalue weighted by molar-refractivity contribution is 6.06. The van der Waals surface area contributed by atoms with E-state index in [2.05, 4.69) is 4.98 Å². The van der Waals surface area contributed by atoms with Gasteiger partial charge in [0.1, 0.15) is 5.69 Å². The molecule has 0 unspecified atom stereocenters. The fourth-order valence-electron chi connectivity index (χ4n) is 2.14. The van der Waals surface area contributed by atoms with E-state index in [9.17, 15) is 4.79 Å². The maximum atomic E-state index is 12.5. The normalized spacial score (nSPS) is 10.4. The molecule has 0 aliphatic rings. The van der Waals surface area contributed by atoms with E-state index in [0.29, 0.717) is 5.69 Å². The second-order valence-corrected chi connectivity index (χ2v) is 4.62. The average molecular weight is 262 g/mol. The minimum Gasteiger partial charge on any atom is -0.310 e. The number of benzene rings is 2. The molecule has 0 aliphatic carbocycles. The molecule has 0 aliphatic heterocycles. The molecule has 0 bridgehead atoms. The van der Waals surface area contributed by atoms with Crippen molar-refractivity contribution >= 4 is 22.4 Å². The molecule has 0 radical (unpaired) electrons. The molecule has 0 spiro atoms. The number of nitrogens with zero attached hydrogens (tertiary/aromatic N) is 2. The molecule has 3 rings (SSSR count). The summed E-state index contributed by atoms with van der Waals surface area (Å²) < 4.78 is 0. The van der Waals surface area contributed by atoms with Gasteiger partial charge in [-0.3, -0.25) is 9.78 Å². The van der Waals surface area contributed by atoms with Gasteiger partial charge in [0.2, 0.25) is 0 Å². The third-order valence-electron chi connectivity index (χ3n) is 3.30. The van der Waals surface area contributed by atoms with Crippen LogP contribution in [0.3, 0.4) is 0 Å². The van der Waals surface area contributed by atoms with Crippen LogP contribution in [0, 0.1) is 0 Å². The van der Waals surface area contributed by atoms with Gasteiger partial charge in [-0.05, 0) is 23.6 Å². The molecule has 3 nitrogen and oxygen atoms in total. The van der Waals surface area contributed by atoms with Crippen LogP contribution in [0.25, 0.3) is 10.8 Å². The largest absolute Gasteiger partial charge is 0.310 e. The number of hydrogen-bond donors (Lipinski definition) is 0. The SMILES string of the molecule is CN(C(=O)c1cc2ccccc2cn1)c1ccccc1. The molecular weight excluding hydrogens is 248 g/mol. The summed E-state index contributed by atoms with van der Waals surface area (Å²) >= 11 is 0. The molecule has 1 amide bonds. The van der Waals surface area contributed by atoms with Crippen LogP contribution in [0.1, 0.15) is 10.5 Å². The van der Waals surface area contributed by atoms with Gasteiger partial charge in [0.25, 0.3) is 5.91 Å². The first kappa shape index (κ1) is 12.4. The average Bonchev–Trinajstić information content (AvgIpc) is 2.54. The lowest BCUT2D eigenvalue weighted by Gasteiger charge is -2.16. The molecule has 1 heterocycles. The second kappa shape index (κ2) is 5.13. The number of rotatable bonds is 2. The van der Waals surface area contributed by atoms with Crippen LogP contribution in [-0.4, -0.2) is 17.9 Å². The van der Waals surface area contributed by atoms with Gasteiger partial charge in [0.15, 0.2) is 0 Å². The Balaban J connectivity index is 1.96. The van der Waals surface area contributed by atoms with E-state index >= 15 is 0 Å². The number of hydrogen-bond acceptors (Lipinski definition) is 2. The van der Waals surface area contributed by atoms with Gasteiger partial charge in [0, 0.05) is 24.3 Å². The van der Waals surface area contributed by atoms with Crippen molar-refractivity contribution in [1.29, 1.82) is 0 Å². The lowest BCUT2D eigenvalue weighted by Crippen LogP contribution is -2.26. The van der Waals surface area contributed by atoms with Gasteiger partial charge < -0.3 is 4.90 Å². The van der Waals surface area contributed by atoms with Gasteiger partial charge in [-0.2, -0.15) is 0 Å². The zero-order chi connectivity index (χ0) is 13.9. The summed E-state index contributed by atoms with van der Waals surface area (Å²) in [6.07, 6.45) is 1.74. The quantitative estimate of drug-likeness (QED) is 0.708. The monoisotopic (exact) mass is 262 g/mol. The fourth-order valence-corrected chi connectivity index (χ4v) is 2.14. The topological polar surface area (TPSA) is 33.2 Å². The number of pyridine rings is 1. The van der Waals surface area contributed by atoms with Crippen LogP contribution in [0.15, 0.2) is 66.9 Å². The third-order valence-corrected chi connectivity index (χ3v) is 3.30. The molecule has 2 aromatic carbocycles. The number of carbonyl (C=O) groups is 1. The molecule has 0 N–H and O–H groups in total. The fraction of sp³-hybridized carbons (Fsp3) is 0.0588. The molecule has 0 saturated carbocycles. The van der Waals surface area contributed by atoms with Gasteiger partial charge in [0.05, 0.1) is 0 Å². The maximum absolute atomic E-state index is 12.5. The highest BCUT2D eigenvalue weighted by Crippen LogP contribution is 2.17. The summed E-state index contributed by atoms with van der Waals surface area (Å²) in [4.78, 5) is 18.3. The molecule has 1 aromatic heterocycles. The first-order valence-electron chi connectivity index (χ1n) is 6.43. The maximum Gasteiger partial charge on any atom is 0.276 e. The zero-order valence-electron chi connectivity index (χ0n) is 11.2. The number of amides is 1. The smallest absolute Gasteiger partial charge is 0.276 e. The van der Waals surface area contributed by atoms with Crippen molar-refractivity contribution in [1.82, 2.24) is 4.98 Å². The first-order valence-corrected chi connectivity index (χ1v) is 6.43. The molecule has 20 heavy (non-hydrogen) atoms. The Kier molecular flexibility index (Phi) is 3.17. The van der Waals surface area contributed by atoms with Gasteiger partial charge in [-0.1, -0.05) is 42.5 Å². The number of fused-ring (bicyclic) bond motifs is 1. The van der Waals surface area contributed by atoms with Crippen molar-refractivity contribution in [3.05, 3.63) is 72.6 Å². The Morgan fingerprint density at radius 3 is 2.35 bits per heavy atom. The summed E-state index contributed by atoms with van der Waals surface area (Å²) in [5.41, 5.74) is 1.31. The van der Waals surface area contributed by atoms with Crippen LogP contribution < -0.4 is 4.90 Å². The number of carbonyl (C=O) groups excluding carboxylic acids is 1. The van der Waals surface area contributed by atoms with E-state index in [1.807, 2.05) is 60.7 Å². The molecule has 3 aromatic rings. The number of anilines is 1. The molecular formula is C17H14N2O. The molecule has 98 valence electrons. The van der Waals surface area contributed by atoms with Crippen LogP contribution >= 0.6 is 0 Å². The summed E-state index contributed by atoms with van der Waals surface area (Å²) in [5, 5.41) is 2.05. The Bertz CT molecular complexity index is 753. The molecule has 3 heteroatoms. The summed E-state index contributed by atoms with van der Waals surface area (Å²) in [5.74, 6) is -0.109. The summed E-state index contributed by atoms with van der Waals surface area (Å²) in [7, 11) is 1.76. The Morgan fingerprint density at radius 2 is 1.60 bits per heavy atom.